The van der Waals surface area contributed by atoms with Crippen molar-refractivity contribution in [3.8, 4) is 0 Å². The number of hydrogen-bond donors (Lipinski definition) is 0. The van der Waals surface area contributed by atoms with Crippen LogP contribution in [0, 0.1) is 5.92 Å². The molecule has 3 aliphatic heterocycles. The first-order valence-electron chi connectivity index (χ1n) is 7.82. The van der Waals surface area contributed by atoms with Gasteiger partial charge in [-0.15, -0.1) is 0 Å². The zero-order valence-corrected chi connectivity index (χ0v) is 13.0. The lowest BCUT2D eigenvalue weighted by atomic mass is 9.82. The van der Waals surface area contributed by atoms with Crippen molar-refractivity contribution in [2.75, 3.05) is 52.5 Å². The highest BCUT2D eigenvalue weighted by Gasteiger charge is 2.54. The fourth-order valence-electron chi connectivity index (χ4n) is 4.15. The van der Waals surface area contributed by atoms with E-state index >= 15 is 0 Å². The van der Waals surface area contributed by atoms with E-state index in [4.69, 9.17) is 4.74 Å². The Balaban J connectivity index is 1.72. The van der Waals surface area contributed by atoms with Gasteiger partial charge in [0.25, 0.3) is 0 Å². The lowest BCUT2D eigenvalue weighted by Gasteiger charge is -2.63. The van der Waals surface area contributed by atoms with E-state index < -0.39 is 0 Å². The molecule has 3 aliphatic rings. The Hall–Kier alpha value is -0.650. The maximum absolute atomic E-state index is 11.8. The van der Waals surface area contributed by atoms with E-state index in [0.29, 0.717) is 12.0 Å². The number of fused-ring (bicyclic) bond motifs is 2. The van der Waals surface area contributed by atoms with Gasteiger partial charge >= 0.3 is 0 Å². The van der Waals surface area contributed by atoms with Crippen LogP contribution in [0.1, 0.15) is 20.8 Å². The minimum Gasteiger partial charge on any atom is -0.378 e. The molecule has 0 aliphatic carbocycles. The maximum atomic E-state index is 11.8. The number of amides is 1. The predicted octanol–water partition coefficient (Wildman–Crippen LogP) is 0.260. The van der Waals surface area contributed by atoms with E-state index in [-0.39, 0.29) is 11.4 Å². The van der Waals surface area contributed by atoms with Crippen LogP contribution in [-0.2, 0) is 9.53 Å². The number of carbonyl (C=O) groups excluding carboxylic acids is 1. The third-order valence-corrected chi connectivity index (χ3v) is 4.86. The molecular formula is C15H27N3O2. The van der Waals surface area contributed by atoms with Gasteiger partial charge in [-0.1, -0.05) is 13.8 Å². The number of ether oxygens (including phenoxy) is 1. The Bertz CT molecular complexity index is 379. The van der Waals surface area contributed by atoms with Gasteiger partial charge in [0, 0.05) is 46.2 Å². The Morgan fingerprint density at radius 2 is 2.10 bits per heavy atom. The molecule has 3 rings (SSSR count). The molecule has 3 saturated heterocycles. The monoisotopic (exact) mass is 281 g/mol. The third kappa shape index (κ3) is 2.47. The summed E-state index contributed by atoms with van der Waals surface area (Å²) in [6.07, 6.45) is 0. The zero-order valence-electron chi connectivity index (χ0n) is 13.0. The molecule has 5 heteroatoms. The van der Waals surface area contributed by atoms with Crippen molar-refractivity contribution in [2.45, 2.75) is 32.4 Å². The average molecular weight is 281 g/mol. The van der Waals surface area contributed by atoms with Crippen molar-refractivity contribution in [1.82, 2.24) is 14.7 Å². The van der Waals surface area contributed by atoms with Crippen LogP contribution in [0.15, 0.2) is 0 Å². The summed E-state index contributed by atoms with van der Waals surface area (Å²) in [5.74, 6) is 0.914. The van der Waals surface area contributed by atoms with Crippen LogP contribution < -0.4 is 0 Å². The van der Waals surface area contributed by atoms with Gasteiger partial charge in [-0.3, -0.25) is 14.6 Å². The van der Waals surface area contributed by atoms with Crippen LogP contribution in [0.25, 0.3) is 0 Å². The van der Waals surface area contributed by atoms with E-state index in [1.165, 1.54) is 0 Å². The van der Waals surface area contributed by atoms with Gasteiger partial charge < -0.3 is 9.64 Å². The molecule has 1 spiro atoms. The van der Waals surface area contributed by atoms with E-state index in [2.05, 4.69) is 23.6 Å². The predicted molar refractivity (Wildman–Crippen MR) is 77.6 cm³/mol. The van der Waals surface area contributed by atoms with Gasteiger partial charge in [-0.25, -0.2) is 0 Å². The first-order valence-corrected chi connectivity index (χ1v) is 7.82. The molecule has 0 N–H and O–H groups in total. The molecule has 114 valence electrons. The molecule has 3 heterocycles. The van der Waals surface area contributed by atoms with Gasteiger partial charge in [0.2, 0.25) is 5.91 Å². The van der Waals surface area contributed by atoms with Crippen molar-refractivity contribution in [2.24, 2.45) is 5.92 Å². The molecule has 1 atom stereocenters. The molecule has 0 bridgehead atoms. The SMILES string of the molecule is CC(=O)N1CC2COCCN2C2(CN(CC(C)C)C2)C1. The Morgan fingerprint density at radius 1 is 1.35 bits per heavy atom. The number of rotatable bonds is 2. The lowest BCUT2D eigenvalue weighted by molar-refractivity contribution is -0.174. The van der Waals surface area contributed by atoms with Gasteiger partial charge in [0.15, 0.2) is 0 Å². The maximum Gasteiger partial charge on any atom is 0.219 e. The average Bonchev–Trinajstić information content (AvgIpc) is 2.36. The number of nitrogens with zero attached hydrogens (tertiary/aromatic N) is 3. The first-order chi connectivity index (χ1) is 9.50. The highest BCUT2D eigenvalue weighted by molar-refractivity contribution is 5.73. The van der Waals surface area contributed by atoms with E-state index in [1.807, 2.05) is 4.90 Å². The van der Waals surface area contributed by atoms with Gasteiger partial charge in [0.05, 0.1) is 24.8 Å². The van der Waals surface area contributed by atoms with Crippen molar-refractivity contribution in [1.29, 1.82) is 0 Å². The summed E-state index contributed by atoms with van der Waals surface area (Å²) in [6.45, 7) is 14.0. The second-order valence-electron chi connectivity index (χ2n) is 7.11. The largest absolute Gasteiger partial charge is 0.378 e. The van der Waals surface area contributed by atoms with Crippen molar-refractivity contribution in [3.05, 3.63) is 0 Å². The summed E-state index contributed by atoms with van der Waals surface area (Å²) in [5, 5.41) is 0. The van der Waals surface area contributed by atoms with Crippen LogP contribution in [0.2, 0.25) is 0 Å². The summed E-state index contributed by atoms with van der Waals surface area (Å²) in [7, 11) is 0. The summed E-state index contributed by atoms with van der Waals surface area (Å²) in [5.41, 5.74) is 0.188. The standard InChI is InChI=1S/C15H27N3O2/c1-12(2)6-16-9-15(10-16)11-17(13(3)19)7-14-8-20-5-4-18(14)15/h12,14H,4-11H2,1-3H3. The van der Waals surface area contributed by atoms with Gasteiger partial charge in [-0.05, 0) is 5.92 Å². The fraction of sp³-hybridized carbons (Fsp3) is 0.933. The number of piperazine rings is 1. The molecule has 0 saturated carbocycles. The van der Waals surface area contributed by atoms with E-state index in [1.54, 1.807) is 6.92 Å². The molecule has 1 unspecified atom stereocenters. The van der Waals surface area contributed by atoms with Gasteiger partial charge in [0.1, 0.15) is 0 Å². The molecule has 0 aromatic rings. The van der Waals surface area contributed by atoms with Crippen LogP contribution in [-0.4, -0.2) is 84.7 Å². The minimum atomic E-state index is 0.188. The minimum absolute atomic E-state index is 0.188. The molecule has 0 aromatic carbocycles. The zero-order chi connectivity index (χ0) is 14.3. The number of likely N-dealkylation sites (tertiary alicyclic amines) is 1. The Morgan fingerprint density at radius 3 is 2.75 bits per heavy atom. The summed E-state index contributed by atoms with van der Waals surface area (Å²) >= 11 is 0. The second-order valence-corrected chi connectivity index (χ2v) is 7.11. The second kappa shape index (κ2) is 5.28. The summed E-state index contributed by atoms with van der Waals surface area (Å²) < 4.78 is 5.63. The van der Waals surface area contributed by atoms with Crippen LogP contribution in [0.4, 0.5) is 0 Å². The van der Waals surface area contributed by atoms with E-state index in [0.717, 1.165) is 52.5 Å². The molecule has 20 heavy (non-hydrogen) atoms. The van der Waals surface area contributed by atoms with E-state index in [9.17, 15) is 4.79 Å². The first kappa shape index (κ1) is 14.3. The smallest absolute Gasteiger partial charge is 0.219 e. The fourth-order valence-corrected chi connectivity index (χ4v) is 4.15. The van der Waals surface area contributed by atoms with Crippen molar-refractivity contribution < 1.29 is 9.53 Å². The third-order valence-electron chi connectivity index (χ3n) is 4.86. The quantitative estimate of drug-likeness (QED) is 0.727. The Kier molecular flexibility index (Phi) is 3.77. The van der Waals surface area contributed by atoms with Crippen molar-refractivity contribution in [3.63, 3.8) is 0 Å². The number of carbonyl (C=O) groups is 1. The van der Waals surface area contributed by atoms with Crippen LogP contribution in [0.5, 0.6) is 0 Å². The number of hydrogen-bond acceptors (Lipinski definition) is 4. The van der Waals surface area contributed by atoms with Crippen LogP contribution >= 0.6 is 0 Å². The Labute approximate surface area is 121 Å². The molecule has 1 amide bonds. The summed E-state index contributed by atoms with van der Waals surface area (Å²) in [4.78, 5) is 19.0. The normalized spacial score (nSPS) is 30.4. The highest BCUT2D eigenvalue weighted by Crippen LogP contribution is 2.35. The molecule has 0 aromatic heterocycles. The molecular weight excluding hydrogens is 254 g/mol. The molecule has 0 radical (unpaired) electrons. The topological polar surface area (TPSA) is 36.0 Å². The van der Waals surface area contributed by atoms with Gasteiger partial charge in [-0.2, -0.15) is 0 Å². The molecule has 5 nitrogen and oxygen atoms in total. The summed E-state index contributed by atoms with van der Waals surface area (Å²) in [6, 6.07) is 0.391. The van der Waals surface area contributed by atoms with Crippen molar-refractivity contribution >= 4 is 5.91 Å². The highest BCUT2D eigenvalue weighted by atomic mass is 16.5. The lowest BCUT2D eigenvalue weighted by Crippen LogP contribution is -2.81. The number of morpholine rings is 1. The van der Waals surface area contributed by atoms with Crippen LogP contribution in [0.3, 0.4) is 0 Å². The molecule has 3 fully saturated rings.